The van der Waals surface area contributed by atoms with Crippen molar-refractivity contribution in [1.29, 1.82) is 0 Å². The largest absolute Gasteiger partial charge is 0.310 e. The third-order valence-electron chi connectivity index (χ3n) is 14.0. The molecule has 11 aromatic rings. The second-order valence-electron chi connectivity index (χ2n) is 17.6. The number of anilines is 6. The van der Waals surface area contributed by atoms with Crippen molar-refractivity contribution in [2.24, 2.45) is 0 Å². The summed E-state index contributed by atoms with van der Waals surface area (Å²) < 4.78 is 0. The second-order valence-corrected chi connectivity index (χ2v) is 17.6. The van der Waals surface area contributed by atoms with Gasteiger partial charge < -0.3 is 9.80 Å². The molecule has 2 aliphatic carbocycles. The molecule has 0 amide bonds. The number of para-hydroxylation sites is 2. The SMILES string of the molecule is c1ccc(-c2ccc(N(c3ccccc3)c3ccc4c(c3)C3(c5ccccc5-4)c4ccccc4-c4ccc(N(c5ccccc5)c5c(-c6ccccc6)ccc6ccccc56)cc43)cc2)cc1. The predicted molar refractivity (Wildman–Crippen MR) is 280 cm³/mol. The minimum Gasteiger partial charge on any atom is -0.310 e. The second kappa shape index (κ2) is 15.8. The van der Waals surface area contributed by atoms with Crippen molar-refractivity contribution >= 4 is 44.9 Å². The van der Waals surface area contributed by atoms with Gasteiger partial charge in [0, 0.05) is 39.4 Å². The highest BCUT2D eigenvalue weighted by Gasteiger charge is 2.52. The summed E-state index contributed by atoms with van der Waals surface area (Å²) in [5.41, 5.74) is 21.1. The van der Waals surface area contributed by atoms with Crippen LogP contribution in [0.15, 0.2) is 267 Å². The van der Waals surface area contributed by atoms with Crippen LogP contribution in [0.2, 0.25) is 0 Å². The zero-order valence-corrected chi connectivity index (χ0v) is 36.8. The fourth-order valence-corrected chi connectivity index (χ4v) is 11.2. The molecular formula is C65H44N2. The maximum Gasteiger partial charge on any atom is 0.0727 e. The van der Waals surface area contributed by atoms with Crippen LogP contribution in [0.25, 0.3) is 55.3 Å². The Bertz CT molecular complexity index is 3610. The van der Waals surface area contributed by atoms with Gasteiger partial charge >= 0.3 is 0 Å². The van der Waals surface area contributed by atoms with Gasteiger partial charge in [0.25, 0.3) is 0 Å². The first-order chi connectivity index (χ1) is 33.3. The molecule has 0 aromatic heterocycles. The van der Waals surface area contributed by atoms with Gasteiger partial charge in [-0.3, -0.25) is 0 Å². The molecule has 1 spiro atoms. The zero-order valence-electron chi connectivity index (χ0n) is 36.8. The van der Waals surface area contributed by atoms with E-state index in [1.54, 1.807) is 0 Å². The summed E-state index contributed by atoms with van der Waals surface area (Å²) in [5, 5.41) is 2.40. The molecule has 314 valence electrons. The van der Waals surface area contributed by atoms with Crippen LogP contribution in [-0.4, -0.2) is 0 Å². The molecule has 0 aliphatic heterocycles. The van der Waals surface area contributed by atoms with Crippen LogP contribution in [0, 0.1) is 0 Å². The lowest BCUT2D eigenvalue weighted by atomic mass is 9.70. The Morgan fingerprint density at radius 3 is 1.24 bits per heavy atom. The number of hydrogen-bond acceptors (Lipinski definition) is 2. The molecule has 67 heavy (non-hydrogen) atoms. The molecule has 11 aromatic carbocycles. The minimum absolute atomic E-state index is 0.591. The van der Waals surface area contributed by atoms with E-state index >= 15 is 0 Å². The van der Waals surface area contributed by atoms with Crippen molar-refractivity contribution in [3.8, 4) is 44.5 Å². The summed E-state index contributed by atoms with van der Waals surface area (Å²) in [5.74, 6) is 0. The molecule has 2 nitrogen and oxygen atoms in total. The number of benzene rings is 11. The van der Waals surface area contributed by atoms with Gasteiger partial charge in [0.2, 0.25) is 0 Å². The lowest BCUT2D eigenvalue weighted by molar-refractivity contribution is 0.793. The number of rotatable bonds is 8. The number of nitrogens with zero attached hydrogens (tertiary/aromatic N) is 2. The Kier molecular flexibility index (Phi) is 9.11. The summed E-state index contributed by atoms with van der Waals surface area (Å²) in [4.78, 5) is 4.91. The first kappa shape index (κ1) is 38.7. The van der Waals surface area contributed by atoms with Gasteiger partial charge in [-0.15, -0.1) is 0 Å². The lowest BCUT2D eigenvalue weighted by Gasteiger charge is -2.34. The van der Waals surface area contributed by atoms with Gasteiger partial charge in [-0.05, 0) is 127 Å². The van der Waals surface area contributed by atoms with Crippen molar-refractivity contribution in [2.75, 3.05) is 9.80 Å². The lowest BCUT2D eigenvalue weighted by Crippen LogP contribution is -2.26. The molecule has 0 fully saturated rings. The molecule has 2 aliphatic rings. The van der Waals surface area contributed by atoms with Crippen LogP contribution in [-0.2, 0) is 5.41 Å². The van der Waals surface area contributed by atoms with E-state index in [1.165, 1.54) is 77.5 Å². The zero-order chi connectivity index (χ0) is 44.3. The Morgan fingerprint density at radius 2 is 0.642 bits per heavy atom. The monoisotopic (exact) mass is 852 g/mol. The molecule has 0 saturated heterocycles. The van der Waals surface area contributed by atoms with E-state index in [0.29, 0.717) is 0 Å². The highest BCUT2D eigenvalue weighted by atomic mass is 15.2. The Balaban J connectivity index is 1.06. The smallest absolute Gasteiger partial charge is 0.0727 e. The summed E-state index contributed by atoms with van der Waals surface area (Å²) in [6.07, 6.45) is 0. The molecule has 0 radical (unpaired) electrons. The van der Waals surface area contributed by atoms with Gasteiger partial charge in [-0.2, -0.15) is 0 Å². The van der Waals surface area contributed by atoms with E-state index in [2.05, 4.69) is 277 Å². The fourth-order valence-electron chi connectivity index (χ4n) is 11.2. The van der Waals surface area contributed by atoms with Crippen molar-refractivity contribution in [3.05, 3.63) is 289 Å². The van der Waals surface area contributed by atoms with Crippen molar-refractivity contribution in [3.63, 3.8) is 0 Å². The molecule has 13 rings (SSSR count). The van der Waals surface area contributed by atoms with E-state index < -0.39 is 5.41 Å². The standard InChI is InChI=1S/C65H44N2/c1-5-19-45(20-6-1)46-33-36-51(37-34-46)66(49-24-9-3-10-25-49)52-38-41-58-56-29-15-17-31-60(56)65(62(58)43-52)61-32-18-16-30-57(61)59-42-39-53(44-63(59)65)67(50-26-11-4-12-27-50)64-54-28-14-13-23-48(54)35-40-55(64)47-21-7-2-8-22-47/h1-44H. The first-order valence-corrected chi connectivity index (χ1v) is 23.2. The van der Waals surface area contributed by atoms with Gasteiger partial charge in [0.15, 0.2) is 0 Å². The third-order valence-corrected chi connectivity index (χ3v) is 14.0. The topological polar surface area (TPSA) is 6.48 Å². The average molecular weight is 853 g/mol. The molecule has 0 N–H and O–H groups in total. The van der Waals surface area contributed by atoms with Crippen LogP contribution in [0.3, 0.4) is 0 Å². The molecule has 1 atom stereocenters. The Morgan fingerprint density at radius 1 is 0.239 bits per heavy atom. The highest BCUT2D eigenvalue weighted by molar-refractivity contribution is 6.07. The number of hydrogen-bond donors (Lipinski definition) is 0. The maximum absolute atomic E-state index is 2.51. The van der Waals surface area contributed by atoms with E-state index in [9.17, 15) is 0 Å². The number of fused-ring (bicyclic) bond motifs is 11. The van der Waals surface area contributed by atoms with Crippen molar-refractivity contribution < 1.29 is 0 Å². The predicted octanol–water partition coefficient (Wildman–Crippen LogP) is 17.5. The van der Waals surface area contributed by atoms with Gasteiger partial charge in [0.1, 0.15) is 0 Å². The molecule has 0 saturated carbocycles. The van der Waals surface area contributed by atoms with Crippen molar-refractivity contribution in [2.45, 2.75) is 5.41 Å². The van der Waals surface area contributed by atoms with Crippen LogP contribution < -0.4 is 9.80 Å². The summed E-state index contributed by atoms with van der Waals surface area (Å²) >= 11 is 0. The molecule has 1 unspecified atom stereocenters. The normalized spacial score (nSPS) is 14.0. The summed E-state index contributed by atoms with van der Waals surface area (Å²) in [7, 11) is 0. The maximum atomic E-state index is 2.51. The van der Waals surface area contributed by atoms with Crippen LogP contribution in [0.1, 0.15) is 22.3 Å². The first-order valence-electron chi connectivity index (χ1n) is 23.2. The molecular weight excluding hydrogens is 809 g/mol. The van der Waals surface area contributed by atoms with Gasteiger partial charge in [0.05, 0.1) is 11.1 Å². The molecule has 0 heterocycles. The molecule has 0 bridgehead atoms. The fraction of sp³-hybridized carbons (Fsp3) is 0.0154. The van der Waals surface area contributed by atoms with E-state index in [1.807, 2.05) is 0 Å². The van der Waals surface area contributed by atoms with Crippen LogP contribution in [0.5, 0.6) is 0 Å². The highest BCUT2D eigenvalue weighted by Crippen LogP contribution is 2.64. The van der Waals surface area contributed by atoms with Crippen LogP contribution in [0.4, 0.5) is 34.1 Å². The van der Waals surface area contributed by atoms with E-state index in [-0.39, 0.29) is 0 Å². The molecule has 2 heteroatoms. The van der Waals surface area contributed by atoms with Gasteiger partial charge in [-0.1, -0.05) is 206 Å². The summed E-state index contributed by atoms with van der Waals surface area (Å²) in [6, 6.07) is 98.1. The van der Waals surface area contributed by atoms with Gasteiger partial charge in [-0.25, -0.2) is 0 Å². The van der Waals surface area contributed by atoms with E-state index in [4.69, 9.17) is 0 Å². The Labute approximate surface area is 391 Å². The van der Waals surface area contributed by atoms with Crippen LogP contribution >= 0.6 is 0 Å². The third kappa shape index (κ3) is 6.11. The average Bonchev–Trinajstić information content (AvgIpc) is 3.87. The van der Waals surface area contributed by atoms with Crippen molar-refractivity contribution in [1.82, 2.24) is 0 Å². The van der Waals surface area contributed by atoms with E-state index in [0.717, 1.165) is 34.1 Å². The quantitative estimate of drug-likeness (QED) is 0.150. The Hall–Kier alpha value is -8.72. The minimum atomic E-state index is -0.591. The summed E-state index contributed by atoms with van der Waals surface area (Å²) in [6.45, 7) is 0.